The van der Waals surface area contributed by atoms with Crippen molar-refractivity contribution < 1.29 is 9.72 Å². The van der Waals surface area contributed by atoms with Crippen LogP contribution in [-0.2, 0) is 0 Å². The molecule has 0 aliphatic carbocycles. The standard InChI is InChI=1S/C12H17N3O3S/c1-8(19-3)7-14-12(16)9-5-4-6-10(13-2)11(9)15(17)18/h4-6,8,13H,7H2,1-3H3,(H,14,16). The number of para-hydroxylation sites is 1. The number of hydrogen-bond acceptors (Lipinski definition) is 5. The molecule has 0 radical (unpaired) electrons. The Hall–Kier alpha value is -1.76. The first-order valence-corrected chi connectivity index (χ1v) is 7.06. The molecular weight excluding hydrogens is 266 g/mol. The second kappa shape index (κ2) is 6.98. The van der Waals surface area contributed by atoms with Gasteiger partial charge in [0.2, 0.25) is 0 Å². The largest absolute Gasteiger partial charge is 0.383 e. The monoisotopic (exact) mass is 283 g/mol. The van der Waals surface area contributed by atoms with Gasteiger partial charge in [0.05, 0.1) is 4.92 Å². The molecule has 104 valence electrons. The molecular formula is C12H17N3O3S. The van der Waals surface area contributed by atoms with Crippen LogP contribution >= 0.6 is 11.8 Å². The molecule has 6 nitrogen and oxygen atoms in total. The molecule has 1 amide bonds. The van der Waals surface area contributed by atoms with Crippen LogP contribution in [0.2, 0.25) is 0 Å². The molecule has 0 aromatic heterocycles. The van der Waals surface area contributed by atoms with Gasteiger partial charge < -0.3 is 10.6 Å². The van der Waals surface area contributed by atoms with Crippen LogP contribution in [0.25, 0.3) is 0 Å². The molecule has 0 heterocycles. The van der Waals surface area contributed by atoms with Gasteiger partial charge in [-0.1, -0.05) is 13.0 Å². The summed E-state index contributed by atoms with van der Waals surface area (Å²) in [7, 11) is 1.58. The maximum Gasteiger partial charge on any atom is 0.305 e. The Labute approximate surface area is 116 Å². The van der Waals surface area contributed by atoms with Crippen molar-refractivity contribution in [1.82, 2.24) is 5.32 Å². The lowest BCUT2D eigenvalue weighted by Gasteiger charge is -2.11. The Balaban J connectivity index is 2.99. The van der Waals surface area contributed by atoms with E-state index >= 15 is 0 Å². The molecule has 0 aliphatic rings. The van der Waals surface area contributed by atoms with Crippen molar-refractivity contribution in [2.45, 2.75) is 12.2 Å². The zero-order chi connectivity index (χ0) is 14.4. The van der Waals surface area contributed by atoms with Gasteiger partial charge in [-0.15, -0.1) is 0 Å². The van der Waals surface area contributed by atoms with Gasteiger partial charge in [-0.25, -0.2) is 0 Å². The van der Waals surface area contributed by atoms with E-state index in [1.165, 1.54) is 6.07 Å². The van der Waals surface area contributed by atoms with Crippen molar-refractivity contribution in [3.05, 3.63) is 33.9 Å². The molecule has 2 N–H and O–H groups in total. The molecule has 19 heavy (non-hydrogen) atoms. The number of rotatable bonds is 6. The van der Waals surface area contributed by atoms with Gasteiger partial charge in [-0.2, -0.15) is 11.8 Å². The Morgan fingerprint density at radius 1 is 1.53 bits per heavy atom. The number of benzene rings is 1. The molecule has 1 unspecified atom stereocenters. The first-order chi connectivity index (χ1) is 9.01. The average molecular weight is 283 g/mol. The lowest BCUT2D eigenvalue weighted by Crippen LogP contribution is -2.29. The topological polar surface area (TPSA) is 84.3 Å². The van der Waals surface area contributed by atoms with Crippen molar-refractivity contribution in [3.8, 4) is 0 Å². The van der Waals surface area contributed by atoms with Gasteiger partial charge in [-0.05, 0) is 18.4 Å². The van der Waals surface area contributed by atoms with E-state index in [2.05, 4.69) is 10.6 Å². The van der Waals surface area contributed by atoms with E-state index in [0.717, 1.165) is 0 Å². The number of nitrogens with one attached hydrogen (secondary N) is 2. The number of carbonyl (C=O) groups is 1. The highest BCUT2D eigenvalue weighted by Crippen LogP contribution is 2.28. The van der Waals surface area contributed by atoms with Gasteiger partial charge in [0.15, 0.2) is 0 Å². The predicted molar refractivity (Wildman–Crippen MR) is 78.0 cm³/mol. The average Bonchev–Trinajstić information content (AvgIpc) is 2.42. The Bertz CT molecular complexity index is 479. The van der Waals surface area contributed by atoms with E-state index < -0.39 is 10.8 Å². The minimum absolute atomic E-state index is 0.0742. The highest BCUT2D eigenvalue weighted by Gasteiger charge is 2.23. The fraction of sp³-hybridized carbons (Fsp3) is 0.417. The molecule has 7 heteroatoms. The molecule has 1 rings (SSSR count). The lowest BCUT2D eigenvalue weighted by molar-refractivity contribution is -0.384. The summed E-state index contributed by atoms with van der Waals surface area (Å²) >= 11 is 1.62. The Morgan fingerprint density at radius 3 is 2.74 bits per heavy atom. The van der Waals surface area contributed by atoms with Crippen molar-refractivity contribution in [2.24, 2.45) is 0 Å². The quantitative estimate of drug-likeness (QED) is 0.617. The maximum atomic E-state index is 12.0. The number of anilines is 1. The number of carbonyl (C=O) groups excluding carboxylic acids is 1. The summed E-state index contributed by atoms with van der Waals surface area (Å²) in [5.41, 5.74) is 0.208. The smallest absolute Gasteiger partial charge is 0.305 e. The maximum absolute atomic E-state index is 12.0. The highest BCUT2D eigenvalue weighted by molar-refractivity contribution is 7.99. The number of nitrogens with zero attached hydrogens (tertiary/aromatic N) is 1. The Morgan fingerprint density at radius 2 is 2.21 bits per heavy atom. The van der Waals surface area contributed by atoms with Crippen LogP contribution in [-0.4, -0.2) is 35.9 Å². The molecule has 0 spiro atoms. The van der Waals surface area contributed by atoms with Crippen molar-refractivity contribution in [3.63, 3.8) is 0 Å². The first kappa shape index (κ1) is 15.3. The van der Waals surface area contributed by atoms with Crippen LogP contribution in [0.3, 0.4) is 0 Å². The van der Waals surface area contributed by atoms with Crippen LogP contribution < -0.4 is 10.6 Å². The van der Waals surface area contributed by atoms with Crippen LogP contribution in [0.15, 0.2) is 18.2 Å². The third kappa shape index (κ3) is 3.85. The number of hydrogen-bond donors (Lipinski definition) is 2. The number of nitro groups is 1. The van der Waals surface area contributed by atoms with Crippen LogP contribution in [0, 0.1) is 10.1 Å². The van der Waals surface area contributed by atoms with E-state index in [0.29, 0.717) is 12.2 Å². The zero-order valence-corrected chi connectivity index (χ0v) is 11.9. The van der Waals surface area contributed by atoms with E-state index in [-0.39, 0.29) is 16.5 Å². The van der Waals surface area contributed by atoms with Crippen LogP contribution in [0.4, 0.5) is 11.4 Å². The lowest BCUT2D eigenvalue weighted by atomic mass is 10.1. The molecule has 1 aromatic rings. The van der Waals surface area contributed by atoms with Crippen LogP contribution in [0.1, 0.15) is 17.3 Å². The third-order valence-electron chi connectivity index (χ3n) is 2.69. The van der Waals surface area contributed by atoms with Crippen molar-refractivity contribution >= 4 is 29.0 Å². The molecule has 1 aromatic carbocycles. The SMILES string of the molecule is CNc1cccc(C(=O)NCC(C)SC)c1[N+](=O)[O-]. The molecule has 1 atom stereocenters. The number of nitro benzene ring substituents is 1. The van der Waals surface area contributed by atoms with Gasteiger partial charge >= 0.3 is 5.69 Å². The molecule has 0 saturated carbocycles. The molecule has 0 aliphatic heterocycles. The third-order valence-corrected chi connectivity index (χ3v) is 3.66. The van der Waals surface area contributed by atoms with E-state index in [9.17, 15) is 14.9 Å². The van der Waals surface area contributed by atoms with Gasteiger partial charge in [0.1, 0.15) is 11.3 Å². The predicted octanol–water partition coefficient (Wildman–Crippen LogP) is 2.12. The highest BCUT2D eigenvalue weighted by atomic mass is 32.2. The van der Waals surface area contributed by atoms with E-state index in [1.54, 1.807) is 30.9 Å². The van der Waals surface area contributed by atoms with E-state index in [1.807, 2.05) is 13.2 Å². The summed E-state index contributed by atoms with van der Waals surface area (Å²) < 4.78 is 0. The molecule has 0 fully saturated rings. The van der Waals surface area contributed by atoms with Gasteiger partial charge in [0.25, 0.3) is 5.91 Å². The molecule has 0 saturated heterocycles. The molecule has 0 bridgehead atoms. The fourth-order valence-corrected chi connectivity index (χ4v) is 1.79. The van der Waals surface area contributed by atoms with Gasteiger partial charge in [0, 0.05) is 18.8 Å². The van der Waals surface area contributed by atoms with Gasteiger partial charge in [-0.3, -0.25) is 14.9 Å². The second-order valence-electron chi connectivity index (χ2n) is 3.97. The summed E-state index contributed by atoms with van der Waals surface area (Å²) in [6, 6.07) is 4.64. The zero-order valence-electron chi connectivity index (χ0n) is 11.1. The Kier molecular flexibility index (Phi) is 5.62. The fourth-order valence-electron chi connectivity index (χ4n) is 1.54. The first-order valence-electron chi connectivity index (χ1n) is 5.77. The minimum Gasteiger partial charge on any atom is -0.383 e. The van der Waals surface area contributed by atoms with Crippen molar-refractivity contribution in [1.29, 1.82) is 0 Å². The minimum atomic E-state index is -0.543. The summed E-state index contributed by atoms with van der Waals surface area (Å²) in [6.45, 7) is 2.45. The summed E-state index contributed by atoms with van der Waals surface area (Å²) in [6.07, 6.45) is 1.95. The number of amides is 1. The second-order valence-corrected chi connectivity index (χ2v) is 5.24. The van der Waals surface area contributed by atoms with Crippen molar-refractivity contribution in [2.75, 3.05) is 25.2 Å². The van der Waals surface area contributed by atoms with Crippen LogP contribution in [0.5, 0.6) is 0 Å². The summed E-state index contributed by atoms with van der Waals surface area (Å²) in [5.74, 6) is -0.426. The normalized spacial score (nSPS) is 11.7. The summed E-state index contributed by atoms with van der Waals surface area (Å²) in [5, 5.41) is 16.8. The van der Waals surface area contributed by atoms with E-state index in [4.69, 9.17) is 0 Å². The number of thioether (sulfide) groups is 1. The summed E-state index contributed by atoms with van der Waals surface area (Å²) in [4.78, 5) is 22.5.